The van der Waals surface area contributed by atoms with E-state index >= 15 is 0 Å². The number of benzene rings is 1. The Balaban J connectivity index is 2.81. The molecule has 0 radical (unpaired) electrons. The first kappa shape index (κ1) is 9.00. The van der Waals surface area contributed by atoms with E-state index in [0.717, 1.165) is 6.07 Å². The fourth-order valence-electron chi connectivity index (χ4n) is 0.792. The van der Waals surface area contributed by atoms with E-state index in [2.05, 4.69) is 5.32 Å². The number of amides is 1. The largest absolute Gasteiger partial charge is 0.339 e. The minimum atomic E-state index is -0.433. The number of halogens is 2. The Labute approximate surface area is 74.3 Å². The zero-order valence-corrected chi connectivity index (χ0v) is 6.94. The van der Waals surface area contributed by atoms with Crippen molar-refractivity contribution < 1.29 is 9.18 Å². The second-order valence-corrected chi connectivity index (χ2v) is 2.42. The topological polar surface area (TPSA) is 29.1 Å². The highest BCUT2D eigenvalue weighted by atomic mass is 35.5. The van der Waals surface area contributed by atoms with Gasteiger partial charge in [0.1, 0.15) is 5.82 Å². The Morgan fingerprint density at radius 3 is 2.92 bits per heavy atom. The number of hydrogen-bond acceptors (Lipinski definition) is 1. The summed E-state index contributed by atoms with van der Waals surface area (Å²) in [6.07, 6.45) is 0. The molecule has 0 aromatic heterocycles. The summed E-state index contributed by atoms with van der Waals surface area (Å²) >= 11 is 5.26. The van der Waals surface area contributed by atoms with Crippen molar-refractivity contribution in [3.05, 3.63) is 35.6 Å². The summed E-state index contributed by atoms with van der Waals surface area (Å²) in [5, 5.41) is 2.35. The average Bonchev–Trinajstić information content (AvgIpc) is 2.05. The van der Waals surface area contributed by atoms with Gasteiger partial charge in [0.05, 0.1) is 6.00 Å². The molecule has 64 valence electrons. The fraction of sp³-hybridized carbons (Fsp3) is 0.125. The zero-order valence-electron chi connectivity index (χ0n) is 6.18. The van der Waals surface area contributed by atoms with Gasteiger partial charge in [-0.15, -0.1) is 11.6 Å². The molecular weight excluding hydrogens is 181 g/mol. The summed E-state index contributed by atoms with van der Waals surface area (Å²) < 4.78 is 12.6. The maximum Gasteiger partial charge on any atom is 0.252 e. The van der Waals surface area contributed by atoms with Gasteiger partial charge < -0.3 is 5.32 Å². The first-order chi connectivity index (χ1) is 5.74. The summed E-state index contributed by atoms with van der Waals surface area (Å²) in [6, 6.07) is 5.44. The molecule has 1 aromatic rings. The lowest BCUT2D eigenvalue weighted by Crippen LogP contribution is -2.21. The van der Waals surface area contributed by atoms with E-state index < -0.39 is 5.82 Å². The van der Waals surface area contributed by atoms with Crippen LogP contribution in [0.1, 0.15) is 10.4 Å². The standard InChI is InChI=1S/C8H7ClFNO/c9-5-11-8(12)6-2-1-3-7(10)4-6/h1-4H,5H2,(H,11,12). The second kappa shape index (κ2) is 4.07. The average molecular weight is 188 g/mol. The quantitative estimate of drug-likeness (QED) is 0.555. The monoisotopic (exact) mass is 187 g/mol. The molecule has 0 aliphatic rings. The van der Waals surface area contributed by atoms with Crippen molar-refractivity contribution in [1.82, 2.24) is 5.32 Å². The normalized spacial score (nSPS) is 9.50. The third-order valence-electron chi connectivity index (χ3n) is 1.31. The molecule has 1 amide bonds. The minimum Gasteiger partial charge on any atom is -0.339 e. The Morgan fingerprint density at radius 1 is 1.58 bits per heavy atom. The molecule has 2 nitrogen and oxygen atoms in total. The van der Waals surface area contributed by atoms with Crippen LogP contribution in [-0.2, 0) is 0 Å². The molecule has 1 rings (SSSR count). The summed E-state index contributed by atoms with van der Waals surface area (Å²) in [4.78, 5) is 11.0. The summed E-state index contributed by atoms with van der Waals surface area (Å²) in [7, 11) is 0. The van der Waals surface area contributed by atoms with Crippen molar-refractivity contribution in [2.45, 2.75) is 0 Å². The van der Waals surface area contributed by atoms with Gasteiger partial charge in [-0.2, -0.15) is 0 Å². The molecule has 0 unspecified atom stereocenters. The minimum absolute atomic E-state index is 0.0232. The number of alkyl halides is 1. The van der Waals surface area contributed by atoms with E-state index in [1.165, 1.54) is 18.2 Å². The molecule has 1 aromatic carbocycles. The van der Waals surface area contributed by atoms with Crippen LogP contribution < -0.4 is 5.32 Å². The third kappa shape index (κ3) is 2.20. The van der Waals surface area contributed by atoms with Crippen molar-refractivity contribution in [2.24, 2.45) is 0 Å². The molecule has 4 heteroatoms. The zero-order chi connectivity index (χ0) is 8.97. The highest BCUT2D eigenvalue weighted by Crippen LogP contribution is 2.02. The predicted molar refractivity (Wildman–Crippen MR) is 44.6 cm³/mol. The molecule has 0 bridgehead atoms. The smallest absolute Gasteiger partial charge is 0.252 e. The van der Waals surface area contributed by atoms with Gasteiger partial charge in [-0.1, -0.05) is 6.07 Å². The molecule has 0 heterocycles. The van der Waals surface area contributed by atoms with Crippen LogP contribution >= 0.6 is 11.6 Å². The van der Waals surface area contributed by atoms with Crippen molar-refractivity contribution >= 4 is 17.5 Å². The number of carbonyl (C=O) groups is 1. The first-order valence-corrected chi connectivity index (χ1v) is 3.87. The van der Waals surface area contributed by atoms with Crippen LogP contribution in [0.15, 0.2) is 24.3 Å². The van der Waals surface area contributed by atoms with Gasteiger partial charge in [-0.25, -0.2) is 4.39 Å². The van der Waals surface area contributed by atoms with Crippen LogP contribution in [0.3, 0.4) is 0 Å². The SMILES string of the molecule is O=C(NCCl)c1cccc(F)c1. The number of nitrogens with one attached hydrogen (secondary N) is 1. The maximum atomic E-state index is 12.6. The van der Waals surface area contributed by atoms with Crippen molar-refractivity contribution in [3.63, 3.8) is 0 Å². The van der Waals surface area contributed by atoms with E-state index in [9.17, 15) is 9.18 Å². The summed E-state index contributed by atoms with van der Waals surface area (Å²) in [5.41, 5.74) is 0.274. The summed E-state index contributed by atoms with van der Waals surface area (Å²) in [5.74, 6) is -0.804. The number of rotatable bonds is 2. The highest BCUT2D eigenvalue weighted by molar-refractivity contribution is 6.19. The Hall–Kier alpha value is -1.09. The van der Waals surface area contributed by atoms with Gasteiger partial charge >= 0.3 is 0 Å². The molecule has 0 saturated carbocycles. The molecule has 0 saturated heterocycles. The molecular formula is C8H7ClFNO. The Morgan fingerprint density at radius 2 is 2.33 bits per heavy atom. The highest BCUT2D eigenvalue weighted by Gasteiger charge is 2.03. The molecule has 0 atom stereocenters. The summed E-state index contributed by atoms with van der Waals surface area (Å²) in [6.45, 7) is 0. The molecule has 0 aliphatic heterocycles. The van der Waals surface area contributed by atoms with E-state index in [-0.39, 0.29) is 17.5 Å². The van der Waals surface area contributed by atoms with Gasteiger partial charge in [0.15, 0.2) is 0 Å². The van der Waals surface area contributed by atoms with Gasteiger partial charge in [0.2, 0.25) is 0 Å². The van der Waals surface area contributed by atoms with Crippen molar-refractivity contribution in [2.75, 3.05) is 6.00 Å². The lowest BCUT2D eigenvalue weighted by molar-refractivity contribution is 0.0960. The van der Waals surface area contributed by atoms with Crippen LogP contribution in [0.5, 0.6) is 0 Å². The van der Waals surface area contributed by atoms with Gasteiger partial charge in [0, 0.05) is 5.56 Å². The fourth-order valence-corrected chi connectivity index (χ4v) is 0.914. The van der Waals surface area contributed by atoms with Crippen LogP contribution in [0, 0.1) is 5.82 Å². The number of carbonyl (C=O) groups excluding carboxylic acids is 1. The molecule has 12 heavy (non-hydrogen) atoms. The van der Waals surface area contributed by atoms with Gasteiger partial charge in [-0.3, -0.25) is 4.79 Å². The molecule has 0 aliphatic carbocycles. The molecule has 1 N–H and O–H groups in total. The Kier molecular flexibility index (Phi) is 3.05. The molecule has 0 spiro atoms. The van der Waals surface area contributed by atoms with E-state index in [1.807, 2.05) is 0 Å². The van der Waals surface area contributed by atoms with Crippen LogP contribution in [0.4, 0.5) is 4.39 Å². The van der Waals surface area contributed by atoms with Gasteiger partial charge in [-0.05, 0) is 18.2 Å². The third-order valence-corrected chi connectivity index (χ3v) is 1.45. The lowest BCUT2D eigenvalue weighted by atomic mass is 10.2. The van der Waals surface area contributed by atoms with E-state index in [4.69, 9.17) is 11.6 Å². The second-order valence-electron chi connectivity index (χ2n) is 2.15. The van der Waals surface area contributed by atoms with E-state index in [0.29, 0.717) is 0 Å². The van der Waals surface area contributed by atoms with Crippen molar-refractivity contribution in [1.29, 1.82) is 0 Å². The maximum absolute atomic E-state index is 12.6. The molecule has 0 fully saturated rings. The lowest BCUT2D eigenvalue weighted by Gasteiger charge is -1.99. The van der Waals surface area contributed by atoms with Crippen LogP contribution in [0.25, 0.3) is 0 Å². The Bertz CT molecular complexity index is 290. The first-order valence-electron chi connectivity index (χ1n) is 3.34. The number of hydrogen-bond donors (Lipinski definition) is 1. The van der Waals surface area contributed by atoms with Crippen LogP contribution in [-0.4, -0.2) is 11.9 Å². The van der Waals surface area contributed by atoms with Crippen molar-refractivity contribution in [3.8, 4) is 0 Å². The van der Waals surface area contributed by atoms with Crippen LogP contribution in [0.2, 0.25) is 0 Å². The van der Waals surface area contributed by atoms with E-state index in [1.54, 1.807) is 0 Å². The van der Waals surface area contributed by atoms with Gasteiger partial charge in [0.25, 0.3) is 5.91 Å². The predicted octanol–water partition coefficient (Wildman–Crippen LogP) is 1.75.